The quantitative estimate of drug-likeness (QED) is 0.836. The molecule has 76 valence electrons. The Morgan fingerprint density at radius 1 is 1.60 bits per heavy atom. The van der Waals surface area contributed by atoms with Gasteiger partial charge in [-0.1, -0.05) is 0 Å². The van der Waals surface area contributed by atoms with Crippen LogP contribution >= 0.6 is 11.5 Å². The normalized spacial score (nSPS) is 9.93. The van der Waals surface area contributed by atoms with Crippen molar-refractivity contribution in [2.75, 3.05) is 5.32 Å². The van der Waals surface area contributed by atoms with Crippen molar-refractivity contribution < 1.29 is 0 Å². The summed E-state index contributed by atoms with van der Waals surface area (Å²) in [6.45, 7) is 1.82. The molecule has 1 N–H and O–H groups in total. The fourth-order valence-electron chi connectivity index (χ4n) is 1.20. The van der Waals surface area contributed by atoms with Gasteiger partial charge in [0, 0.05) is 13.2 Å². The summed E-state index contributed by atoms with van der Waals surface area (Å²) < 4.78 is 5.82. The van der Waals surface area contributed by atoms with E-state index in [1.54, 1.807) is 10.9 Å². The van der Waals surface area contributed by atoms with Crippen molar-refractivity contribution in [2.45, 2.75) is 6.92 Å². The Labute approximate surface area is 91.1 Å². The molecular weight excluding hydrogens is 210 g/mol. The standard InChI is InChI=1S/C9H9N5S/c1-6-8(3-10)9(15-13-6)12-7-4-11-14(2)5-7/h4-5,12H,1-2H3. The van der Waals surface area contributed by atoms with Crippen molar-refractivity contribution in [1.29, 1.82) is 5.26 Å². The highest BCUT2D eigenvalue weighted by Gasteiger charge is 2.10. The lowest BCUT2D eigenvalue weighted by Crippen LogP contribution is -1.89. The second-order valence-electron chi connectivity index (χ2n) is 3.11. The van der Waals surface area contributed by atoms with Crippen molar-refractivity contribution in [3.8, 4) is 6.07 Å². The first-order valence-electron chi connectivity index (χ1n) is 4.32. The summed E-state index contributed by atoms with van der Waals surface area (Å²) in [5.74, 6) is 0. The molecule has 0 radical (unpaired) electrons. The molecule has 2 heterocycles. The number of nitrogens with one attached hydrogen (secondary N) is 1. The zero-order valence-corrected chi connectivity index (χ0v) is 9.17. The summed E-state index contributed by atoms with van der Waals surface area (Å²) in [6, 6.07) is 2.13. The van der Waals surface area contributed by atoms with E-state index in [-0.39, 0.29) is 0 Å². The van der Waals surface area contributed by atoms with E-state index in [1.165, 1.54) is 11.5 Å². The largest absolute Gasteiger partial charge is 0.342 e. The Morgan fingerprint density at radius 3 is 3.00 bits per heavy atom. The molecule has 0 bridgehead atoms. The smallest absolute Gasteiger partial charge is 0.132 e. The summed E-state index contributed by atoms with van der Waals surface area (Å²) in [6.07, 6.45) is 3.55. The Kier molecular flexibility index (Phi) is 2.39. The highest BCUT2D eigenvalue weighted by molar-refractivity contribution is 7.10. The minimum atomic E-state index is 0.601. The van der Waals surface area contributed by atoms with Gasteiger partial charge in [-0.2, -0.15) is 14.7 Å². The molecule has 2 rings (SSSR count). The van der Waals surface area contributed by atoms with Crippen LogP contribution in [-0.4, -0.2) is 14.2 Å². The minimum Gasteiger partial charge on any atom is -0.342 e. The maximum atomic E-state index is 8.93. The van der Waals surface area contributed by atoms with Gasteiger partial charge in [0.05, 0.1) is 17.6 Å². The van der Waals surface area contributed by atoms with E-state index >= 15 is 0 Å². The van der Waals surface area contributed by atoms with E-state index in [4.69, 9.17) is 5.26 Å². The molecule has 0 aliphatic rings. The third-order valence-electron chi connectivity index (χ3n) is 1.94. The SMILES string of the molecule is Cc1nsc(Nc2cnn(C)c2)c1C#N. The van der Waals surface area contributed by atoms with E-state index in [9.17, 15) is 0 Å². The van der Waals surface area contributed by atoms with Crippen LogP contribution in [0, 0.1) is 18.3 Å². The van der Waals surface area contributed by atoms with Gasteiger partial charge in [0.25, 0.3) is 0 Å². The molecule has 0 unspecified atom stereocenters. The number of hydrogen-bond acceptors (Lipinski definition) is 5. The molecule has 0 saturated carbocycles. The van der Waals surface area contributed by atoms with Crippen LogP contribution in [0.2, 0.25) is 0 Å². The third kappa shape index (κ3) is 1.82. The minimum absolute atomic E-state index is 0.601. The second-order valence-corrected chi connectivity index (χ2v) is 3.88. The number of nitriles is 1. The fourth-order valence-corrected chi connectivity index (χ4v) is 1.97. The van der Waals surface area contributed by atoms with Crippen LogP contribution in [-0.2, 0) is 7.05 Å². The van der Waals surface area contributed by atoms with Crippen molar-refractivity contribution in [3.63, 3.8) is 0 Å². The highest BCUT2D eigenvalue weighted by atomic mass is 32.1. The summed E-state index contributed by atoms with van der Waals surface area (Å²) >= 11 is 1.28. The maximum Gasteiger partial charge on any atom is 0.132 e. The predicted molar refractivity (Wildman–Crippen MR) is 58.1 cm³/mol. The molecule has 5 nitrogen and oxygen atoms in total. The number of aromatic nitrogens is 3. The van der Waals surface area contributed by atoms with E-state index in [0.717, 1.165) is 16.4 Å². The monoisotopic (exact) mass is 219 g/mol. The highest BCUT2D eigenvalue weighted by Crippen LogP contribution is 2.26. The molecule has 0 spiro atoms. The summed E-state index contributed by atoms with van der Waals surface area (Å²) in [7, 11) is 1.84. The molecule has 2 aromatic rings. The number of nitrogens with zero attached hydrogens (tertiary/aromatic N) is 4. The molecule has 0 aliphatic heterocycles. The average molecular weight is 219 g/mol. The van der Waals surface area contributed by atoms with Crippen LogP contribution < -0.4 is 5.32 Å². The first-order chi connectivity index (χ1) is 7.20. The Morgan fingerprint density at radius 2 is 2.40 bits per heavy atom. The van der Waals surface area contributed by atoms with Crippen molar-refractivity contribution in [2.24, 2.45) is 7.05 Å². The van der Waals surface area contributed by atoms with Crippen LogP contribution in [0.15, 0.2) is 12.4 Å². The lowest BCUT2D eigenvalue weighted by Gasteiger charge is -1.98. The third-order valence-corrected chi connectivity index (χ3v) is 2.79. The number of hydrogen-bond donors (Lipinski definition) is 1. The van der Waals surface area contributed by atoms with Gasteiger partial charge in [0.1, 0.15) is 16.6 Å². The van der Waals surface area contributed by atoms with E-state index in [0.29, 0.717) is 5.56 Å². The topological polar surface area (TPSA) is 66.5 Å². The Hall–Kier alpha value is -1.87. The van der Waals surface area contributed by atoms with Gasteiger partial charge >= 0.3 is 0 Å². The Bertz CT molecular complexity index is 519. The van der Waals surface area contributed by atoms with E-state index in [2.05, 4.69) is 20.9 Å². The van der Waals surface area contributed by atoms with Gasteiger partial charge < -0.3 is 5.32 Å². The summed E-state index contributed by atoms with van der Waals surface area (Å²) in [5.41, 5.74) is 2.22. The number of aryl methyl sites for hydroxylation is 2. The van der Waals surface area contributed by atoms with Gasteiger partial charge in [-0.25, -0.2) is 0 Å². The molecule has 0 aromatic carbocycles. The Balaban J connectivity index is 2.29. The molecule has 6 heteroatoms. The molecule has 15 heavy (non-hydrogen) atoms. The molecule has 0 aliphatic carbocycles. The number of rotatable bonds is 2. The van der Waals surface area contributed by atoms with Crippen LogP contribution in [0.5, 0.6) is 0 Å². The first kappa shape index (κ1) is 9.68. The molecule has 0 amide bonds. The van der Waals surface area contributed by atoms with Crippen molar-refractivity contribution >= 4 is 22.2 Å². The van der Waals surface area contributed by atoms with E-state index < -0.39 is 0 Å². The molecule has 0 saturated heterocycles. The van der Waals surface area contributed by atoms with Gasteiger partial charge in [0.2, 0.25) is 0 Å². The zero-order valence-electron chi connectivity index (χ0n) is 8.35. The average Bonchev–Trinajstić information content (AvgIpc) is 2.75. The fraction of sp³-hybridized carbons (Fsp3) is 0.222. The van der Waals surface area contributed by atoms with Gasteiger partial charge in [-0.15, -0.1) is 0 Å². The predicted octanol–water partition coefficient (Wildman–Crippen LogP) is 1.80. The van der Waals surface area contributed by atoms with Crippen LogP contribution in [0.1, 0.15) is 11.3 Å². The van der Waals surface area contributed by atoms with Crippen molar-refractivity contribution in [1.82, 2.24) is 14.2 Å². The number of anilines is 2. The second kappa shape index (κ2) is 3.71. The van der Waals surface area contributed by atoms with Gasteiger partial charge in [-0.3, -0.25) is 4.68 Å². The zero-order chi connectivity index (χ0) is 10.8. The summed E-state index contributed by atoms with van der Waals surface area (Å²) in [4.78, 5) is 0. The van der Waals surface area contributed by atoms with Gasteiger partial charge in [-0.05, 0) is 18.5 Å². The lowest BCUT2D eigenvalue weighted by atomic mass is 10.3. The maximum absolute atomic E-state index is 8.93. The van der Waals surface area contributed by atoms with Crippen LogP contribution in [0.4, 0.5) is 10.7 Å². The van der Waals surface area contributed by atoms with Crippen LogP contribution in [0.25, 0.3) is 0 Å². The molecular formula is C9H9N5S. The van der Waals surface area contributed by atoms with E-state index in [1.807, 2.05) is 20.2 Å². The molecule has 0 atom stereocenters. The molecule has 2 aromatic heterocycles. The van der Waals surface area contributed by atoms with Crippen LogP contribution in [0.3, 0.4) is 0 Å². The summed E-state index contributed by atoms with van der Waals surface area (Å²) in [5, 5.41) is 16.8. The van der Waals surface area contributed by atoms with Crippen molar-refractivity contribution in [3.05, 3.63) is 23.7 Å². The molecule has 0 fully saturated rings. The van der Waals surface area contributed by atoms with Gasteiger partial charge in [0.15, 0.2) is 0 Å². The first-order valence-corrected chi connectivity index (χ1v) is 5.10. The lowest BCUT2D eigenvalue weighted by molar-refractivity contribution is 0.768.